The summed E-state index contributed by atoms with van der Waals surface area (Å²) in [6.07, 6.45) is 2.00. The van der Waals surface area contributed by atoms with Crippen LogP contribution in [0.3, 0.4) is 0 Å². The molecule has 0 aliphatic carbocycles. The lowest BCUT2D eigenvalue weighted by Gasteiger charge is -2.33. The zero-order valence-corrected chi connectivity index (χ0v) is 19.2. The number of ether oxygens (including phenoxy) is 1. The first-order valence-corrected chi connectivity index (χ1v) is 11.3. The van der Waals surface area contributed by atoms with Gasteiger partial charge in [0.1, 0.15) is 12.6 Å². The van der Waals surface area contributed by atoms with Crippen molar-refractivity contribution >= 4 is 5.96 Å². The second kappa shape index (κ2) is 11.8. The lowest BCUT2D eigenvalue weighted by molar-refractivity contribution is 0.0683. The molecule has 3 rings (SSSR count). The Balaban J connectivity index is 1.49. The average Bonchev–Trinajstić information content (AvgIpc) is 3.23. The highest BCUT2D eigenvalue weighted by Crippen LogP contribution is 2.15. The molecule has 0 bridgehead atoms. The molecule has 8 heteroatoms. The van der Waals surface area contributed by atoms with Crippen LogP contribution in [0.4, 0.5) is 0 Å². The maximum atomic E-state index is 5.51. The van der Waals surface area contributed by atoms with E-state index >= 15 is 0 Å². The Bertz CT molecular complexity index is 829. The summed E-state index contributed by atoms with van der Waals surface area (Å²) >= 11 is 0. The van der Waals surface area contributed by atoms with E-state index in [-0.39, 0.29) is 6.10 Å². The molecule has 8 nitrogen and oxygen atoms in total. The number of nitrogens with zero attached hydrogens (tertiary/aromatic N) is 4. The van der Waals surface area contributed by atoms with Crippen molar-refractivity contribution in [3.63, 3.8) is 0 Å². The summed E-state index contributed by atoms with van der Waals surface area (Å²) in [5, 5.41) is 10.9. The number of nitrogens with one attached hydrogen (secondary N) is 2. The third-order valence-electron chi connectivity index (χ3n) is 5.40. The van der Waals surface area contributed by atoms with Crippen LogP contribution in [0.2, 0.25) is 0 Å². The smallest absolute Gasteiger partial charge is 0.248 e. The number of aryl methyl sites for hydroxylation is 1. The summed E-state index contributed by atoms with van der Waals surface area (Å²) in [7, 11) is 0. The van der Waals surface area contributed by atoms with Crippen molar-refractivity contribution in [2.24, 2.45) is 4.99 Å². The van der Waals surface area contributed by atoms with Crippen molar-refractivity contribution < 1.29 is 9.26 Å². The molecule has 2 N–H and O–H groups in total. The molecule has 1 fully saturated rings. The van der Waals surface area contributed by atoms with E-state index in [1.807, 2.05) is 13.8 Å². The number of guanidine groups is 1. The van der Waals surface area contributed by atoms with Crippen LogP contribution in [0, 0.1) is 6.92 Å². The van der Waals surface area contributed by atoms with Gasteiger partial charge < -0.3 is 19.9 Å². The third-order valence-corrected chi connectivity index (χ3v) is 5.40. The Morgan fingerprint density at radius 3 is 2.84 bits per heavy atom. The van der Waals surface area contributed by atoms with Crippen LogP contribution in [0.25, 0.3) is 0 Å². The number of hydrogen-bond donors (Lipinski definition) is 2. The number of piperidine rings is 1. The quantitative estimate of drug-likeness (QED) is 0.468. The molecule has 1 aromatic carbocycles. The maximum Gasteiger partial charge on any atom is 0.248 e. The van der Waals surface area contributed by atoms with Crippen LogP contribution in [-0.4, -0.2) is 53.3 Å². The zero-order valence-electron chi connectivity index (χ0n) is 19.2. The molecule has 0 saturated carbocycles. The molecule has 0 spiro atoms. The molecular formula is C23H36N6O2. The van der Waals surface area contributed by atoms with E-state index in [2.05, 4.69) is 68.8 Å². The van der Waals surface area contributed by atoms with E-state index in [4.69, 9.17) is 9.26 Å². The predicted molar refractivity (Wildman–Crippen MR) is 122 cm³/mol. The SMILES string of the molecule is CCNC(=NCc1nc(C(C)OCC)no1)NC1CCN(Cc2cccc(C)c2)CC1. The molecule has 1 saturated heterocycles. The van der Waals surface area contributed by atoms with Gasteiger partial charge in [-0.15, -0.1) is 0 Å². The Morgan fingerprint density at radius 2 is 2.13 bits per heavy atom. The average molecular weight is 429 g/mol. The standard InChI is InChI=1S/C23H36N6O2/c1-5-24-23(25-15-21-27-22(28-31-21)18(4)30-6-2)26-20-10-12-29(13-11-20)16-19-9-7-8-17(3)14-19/h7-9,14,18,20H,5-6,10-13,15-16H2,1-4H3,(H2,24,25,26). The van der Waals surface area contributed by atoms with Gasteiger partial charge in [0.25, 0.3) is 0 Å². The fraction of sp³-hybridized carbons (Fsp3) is 0.609. The van der Waals surface area contributed by atoms with Crippen molar-refractivity contribution in [1.29, 1.82) is 0 Å². The van der Waals surface area contributed by atoms with Crippen LogP contribution >= 0.6 is 0 Å². The number of hydrogen-bond acceptors (Lipinski definition) is 6. The highest BCUT2D eigenvalue weighted by Gasteiger charge is 2.20. The van der Waals surface area contributed by atoms with Crippen molar-refractivity contribution in [1.82, 2.24) is 25.7 Å². The second-order valence-corrected chi connectivity index (χ2v) is 8.02. The summed E-state index contributed by atoms with van der Waals surface area (Å²) in [5.41, 5.74) is 2.71. The van der Waals surface area contributed by atoms with Gasteiger partial charge in [-0.05, 0) is 46.1 Å². The minimum Gasteiger partial charge on any atom is -0.371 e. The van der Waals surface area contributed by atoms with Gasteiger partial charge in [-0.25, -0.2) is 4.99 Å². The molecule has 1 aliphatic rings. The summed E-state index contributed by atoms with van der Waals surface area (Å²) in [5.74, 6) is 1.84. The minimum absolute atomic E-state index is 0.178. The van der Waals surface area contributed by atoms with E-state index in [1.165, 1.54) is 11.1 Å². The molecule has 31 heavy (non-hydrogen) atoms. The summed E-state index contributed by atoms with van der Waals surface area (Å²) in [6.45, 7) is 13.0. The van der Waals surface area contributed by atoms with E-state index in [0.29, 0.717) is 30.9 Å². The van der Waals surface area contributed by atoms with Gasteiger partial charge in [0.05, 0.1) is 0 Å². The largest absolute Gasteiger partial charge is 0.371 e. The Kier molecular flexibility index (Phi) is 8.85. The minimum atomic E-state index is -0.178. The molecular weight excluding hydrogens is 392 g/mol. The molecule has 170 valence electrons. The van der Waals surface area contributed by atoms with Crippen LogP contribution in [0.5, 0.6) is 0 Å². The normalized spacial score (nSPS) is 17.0. The molecule has 1 aliphatic heterocycles. The van der Waals surface area contributed by atoms with Crippen LogP contribution in [-0.2, 0) is 17.8 Å². The van der Waals surface area contributed by atoms with Crippen LogP contribution in [0.1, 0.15) is 62.6 Å². The molecule has 1 atom stereocenters. The van der Waals surface area contributed by atoms with E-state index < -0.39 is 0 Å². The van der Waals surface area contributed by atoms with Crippen molar-refractivity contribution in [2.75, 3.05) is 26.2 Å². The van der Waals surface area contributed by atoms with Crippen molar-refractivity contribution in [3.05, 3.63) is 47.1 Å². The fourth-order valence-electron chi connectivity index (χ4n) is 3.79. The highest BCUT2D eigenvalue weighted by molar-refractivity contribution is 5.80. The highest BCUT2D eigenvalue weighted by atomic mass is 16.5. The molecule has 1 unspecified atom stereocenters. The fourth-order valence-corrected chi connectivity index (χ4v) is 3.79. The van der Waals surface area contributed by atoms with Gasteiger partial charge in [-0.3, -0.25) is 4.90 Å². The van der Waals surface area contributed by atoms with Gasteiger partial charge in [0, 0.05) is 38.8 Å². The third kappa shape index (κ3) is 7.33. The number of benzene rings is 1. The Hall–Kier alpha value is -2.45. The maximum absolute atomic E-state index is 5.51. The molecule has 2 aromatic rings. The lowest BCUT2D eigenvalue weighted by Crippen LogP contribution is -2.48. The number of aromatic nitrogens is 2. The molecule has 1 aromatic heterocycles. The van der Waals surface area contributed by atoms with Crippen molar-refractivity contribution in [2.45, 2.75) is 65.8 Å². The van der Waals surface area contributed by atoms with E-state index in [9.17, 15) is 0 Å². The first kappa shape index (κ1) is 23.2. The number of aliphatic imine (C=N–C) groups is 1. The number of rotatable bonds is 9. The first-order chi connectivity index (χ1) is 15.1. The van der Waals surface area contributed by atoms with Crippen molar-refractivity contribution in [3.8, 4) is 0 Å². The van der Waals surface area contributed by atoms with Gasteiger partial charge in [-0.1, -0.05) is 35.0 Å². The monoisotopic (exact) mass is 428 g/mol. The summed E-state index contributed by atoms with van der Waals surface area (Å²) in [6, 6.07) is 9.18. The van der Waals surface area contributed by atoms with Gasteiger partial charge in [-0.2, -0.15) is 4.98 Å². The Morgan fingerprint density at radius 1 is 1.32 bits per heavy atom. The number of likely N-dealkylation sites (tertiary alicyclic amines) is 1. The zero-order chi connectivity index (χ0) is 22.1. The van der Waals surface area contributed by atoms with E-state index in [1.54, 1.807) is 0 Å². The van der Waals surface area contributed by atoms with Gasteiger partial charge in [0.15, 0.2) is 11.8 Å². The summed E-state index contributed by atoms with van der Waals surface area (Å²) < 4.78 is 10.8. The summed E-state index contributed by atoms with van der Waals surface area (Å²) in [4.78, 5) is 11.6. The van der Waals surface area contributed by atoms with Gasteiger partial charge >= 0.3 is 0 Å². The molecule has 0 amide bonds. The topological polar surface area (TPSA) is 87.8 Å². The van der Waals surface area contributed by atoms with Gasteiger partial charge in [0.2, 0.25) is 5.89 Å². The Labute approximate surface area is 185 Å². The second-order valence-electron chi connectivity index (χ2n) is 8.02. The van der Waals surface area contributed by atoms with E-state index in [0.717, 1.165) is 45.0 Å². The predicted octanol–water partition coefficient (Wildman–Crippen LogP) is 3.20. The first-order valence-electron chi connectivity index (χ1n) is 11.3. The van der Waals surface area contributed by atoms with Crippen LogP contribution in [0.15, 0.2) is 33.8 Å². The van der Waals surface area contributed by atoms with Crippen LogP contribution < -0.4 is 10.6 Å². The molecule has 2 heterocycles. The lowest BCUT2D eigenvalue weighted by atomic mass is 10.0. The molecule has 0 radical (unpaired) electrons.